The highest BCUT2D eigenvalue weighted by molar-refractivity contribution is 7.99. The van der Waals surface area contributed by atoms with Crippen LogP contribution in [0.15, 0.2) is 35.7 Å². The molecule has 21 heavy (non-hydrogen) atoms. The molecular weight excluding hydrogens is 308 g/mol. The maximum Gasteiger partial charge on any atom is 0.211 e. The molecule has 8 heteroatoms. The maximum absolute atomic E-state index is 11.3. The quantitative estimate of drug-likeness (QED) is 0.618. The largest absolute Gasteiger partial charge is 0.276 e. The Labute approximate surface area is 129 Å². The summed E-state index contributed by atoms with van der Waals surface area (Å²) in [6.07, 6.45) is 2.24. The summed E-state index contributed by atoms with van der Waals surface area (Å²) >= 11 is 1.51. The van der Waals surface area contributed by atoms with Crippen molar-refractivity contribution in [2.24, 2.45) is 0 Å². The summed E-state index contributed by atoms with van der Waals surface area (Å²) in [6.45, 7) is 2.03. The summed E-state index contributed by atoms with van der Waals surface area (Å²) in [5, 5.41) is 8.81. The number of hydrogen-bond donors (Lipinski definition) is 1. The molecule has 0 fully saturated rings. The van der Waals surface area contributed by atoms with Gasteiger partial charge in [0.15, 0.2) is 5.16 Å². The molecule has 2 rings (SSSR count). The Bertz CT molecular complexity index is 698. The molecule has 0 aliphatic heterocycles. The van der Waals surface area contributed by atoms with Gasteiger partial charge >= 0.3 is 0 Å². The predicted octanol–water partition coefficient (Wildman–Crippen LogP) is 1.61. The van der Waals surface area contributed by atoms with Crippen molar-refractivity contribution in [2.75, 3.05) is 18.6 Å². The van der Waals surface area contributed by atoms with Gasteiger partial charge in [-0.15, -0.1) is 10.2 Å². The normalized spacial score (nSPS) is 11.7. The second-order valence-electron chi connectivity index (χ2n) is 4.50. The topological polar surface area (TPSA) is 76.9 Å². The molecule has 6 nitrogen and oxygen atoms in total. The zero-order chi connectivity index (χ0) is 15.3. The highest BCUT2D eigenvalue weighted by Gasteiger charge is 2.10. The van der Waals surface area contributed by atoms with Gasteiger partial charge in [-0.25, -0.2) is 13.1 Å². The van der Waals surface area contributed by atoms with Crippen LogP contribution in [0.3, 0.4) is 0 Å². The van der Waals surface area contributed by atoms with E-state index in [0.29, 0.717) is 12.2 Å². The standard InChI is InChI=1S/C13H18N4O2S2/c1-11-6-3-4-7-12(11)17-10-15-16-13(17)20-8-5-9-21(18,19)14-2/h3-4,6-7,10,14H,5,8-9H2,1-2H3. The molecule has 0 saturated carbocycles. The van der Waals surface area contributed by atoms with Crippen LogP contribution < -0.4 is 4.72 Å². The number of thioether (sulfide) groups is 1. The Balaban J connectivity index is 2.00. The monoisotopic (exact) mass is 326 g/mol. The fraction of sp³-hybridized carbons (Fsp3) is 0.385. The molecule has 1 N–H and O–H groups in total. The number of para-hydroxylation sites is 1. The number of nitrogens with zero attached hydrogens (tertiary/aromatic N) is 3. The van der Waals surface area contributed by atoms with Crippen LogP contribution in [0, 0.1) is 6.92 Å². The van der Waals surface area contributed by atoms with Crippen molar-refractivity contribution in [1.82, 2.24) is 19.5 Å². The van der Waals surface area contributed by atoms with Gasteiger partial charge in [-0.1, -0.05) is 30.0 Å². The van der Waals surface area contributed by atoms with Gasteiger partial charge in [0.2, 0.25) is 10.0 Å². The summed E-state index contributed by atoms with van der Waals surface area (Å²) in [5.74, 6) is 0.792. The lowest BCUT2D eigenvalue weighted by Gasteiger charge is -2.08. The average Bonchev–Trinajstić information content (AvgIpc) is 2.92. The summed E-state index contributed by atoms with van der Waals surface area (Å²) < 4.78 is 26.9. The first-order valence-corrected chi connectivity index (χ1v) is 9.17. The van der Waals surface area contributed by atoms with E-state index in [1.807, 2.05) is 35.8 Å². The molecule has 0 unspecified atom stereocenters. The molecule has 1 aromatic carbocycles. The van der Waals surface area contributed by atoms with E-state index in [9.17, 15) is 8.42 Å². The Hall–Kier alpha value is -1.38. The van der Waals surface area contributed by atoms with E-state index in [1.54, 1.807) is 6.33 Å². The van der Waals surface area contributed by atoms with Crippen molar-refractivity contribution >= 4 is 21.8 Å². The molecular formula is C13H18N4O2S2. The zero-order valence-electron chi connectivity index (χ0n) is 12.0. The van der Waals surface area contributed by atoms with Crippen molar-refractivity contribution in [3.63, 3.8) is 0 Å². The second kappa shape index (κ2) is 7.06. The summed E-state index contributed by atoms with van der Waals surface area (Å²) in [5.41, 5.74) is 2.17. The highest BCUT2D eigenvalue weighted by Crippen LogP contribution is 2.22. The molecule has 0 amide bonds. The minimum absolute atomic E-state index is 0.120. The lowest BCUT2D eigenvalue weighted by molar-refractivity contribution is 0.587. The molecule has 0 spiro atoms. The molecule has 1 heterocycles. The first-order chi connectivity index (χ1) is 10.0. The molecule has 1 aromatic heterocycles. The van der Waals surface area contributed by atoms with Crippen molar-refractivity contribution in [3.05, 3.63) is 36.2 Å². The van der Waals surface area contributed by atoms with E-state index in [1.165, 1.54) is 18.8 Å². The van der Waals surface area contributed by atoms with E-state index >= 15 is 0 Å². The van der Waals surface area contributed by atoms with Crippen molar-refractivity contribution < 1.29 is 8.42 Å². The Morgan fingerprint density at radius 1 is 1.33 bits per heavy atom. The van der Waals surface area contributed by atoms with Crippen LogP contribution in [-0.2, 0) is 10.0 Å². The van der Waals surface area contributed by atoms with Crippen LogP contribution in [0.5, 0.6) is 0 Å². The molecule has 0 bridgehead atoms. The van der Waals surface area contributed by atoms with Gasteiger partial charge in [0.05, 0.1) is 11.4 Å². The fourth-order valence-corrected chi connectivity index (χ4v) is 3.61. The number of nitrogens with one attached hydrogen (secondary N) is 1. The number of aromatic nitrogens is 3. The van der Waals surface area contributed by atoms with Crippen molar-refractivity contribution in [1.29, 1.82) is 0 Å². The van der Waals surface area contributed by atoms with Crippen LogP contribution in [0.4, 0.5) is 0 Å². The van der Waals surface area contributed by atoms with Crippen LogP contribution in [0.25, 0.3) is 5.69 Å². The summed E-state index contributed by atoms with van der Waals surface area (Å²) in [6, 6.07) is 7.99. The molecule has 2 aromatic rings. The van der Waals surface area contributed by atoms with Crippen LogP contribution in [0.2, 0.25) is 0 Å². The minimum Gasteiger partial charge on any atom is -0.276 e. The molecule has 0 aliphatic carbocycles. The highest BCUT2D eigenvalue weighted by atomic mass is 32.2. The third kappa shape index (κ3) is 4.29. The van der Waals surface area contributed by atoms with Crippen LogP contribution >= 0.6 is 11.8 Å². The second-order valence-corrected chi connectivity index (χ2v) is 7.60. The summed E-state index contributed by atoms with van der Waals surface area (Å²) in [4.78, 5) is 0. The lowest BCUT2D eigenvalue weighted by atomic mass is 10.2. The molecule has 0 aliphatic rings. The SMILES string of the molecule is CNS(=O)(=O)CCCSc1nncn1-c1ccccc1C. The third-order valence-corrected chi connectivity index (χ3v) is 5.47. The van der Waals surface area contributed by atoms with Crippen LogP contribution in [0.1, 0.15) is 12.0 Å². The molecule has 114 valence electrons. The van der Waals surface area contributed by atoms with Crippen molar-refractivity contribution in [2.45, 2.75) is 18.5 Å². The first kappa shape index (κ1) is 16.0. The Morgan fingerprint density at radius 3 is 2.81 bits per heavy atom. The maximum atomic E-state index is 11.3. The van der Waals surface area contributed by atoms with Gasteiger partial charge in [0.25, 0.3) is 0 Å². The minimum atomic E-state index is -3.14. The number of benzene rings is 1. The van der Waals surface area contributed by atoms with E-state index in [2.05, 4.69) is 14.9 Å². The van der Waals surface area contributed by atoms with Gasteiger partial charge in [0, 0.05) is 5.75 Å². The summed E-state index contributed by atoms with van der Waals surface area (Å²) in [7, 11) is -1.71. The average molecular weight is 326 g/mol. The predicted molar refractivity (Wildman–Crippen MR) is 84.3 cm³/mol. The molecule has 0 radical (unpaired) electrons. The first-order valence-electron chi connectivity index (χ1n) is 6.53. The van der Waals surface area contributed by atoms with Gasteiger partial charge in [0.1, 0.15) is 6.33 Å². The van der Waals surface area contributed by atoms with E-state index in [4.69, 9.17) is 0 Å². The van der Waals surface area contributed by atoms with Gasteiger partial charge in [-0.2, -0.15) is 0 Å². The zero-order valence-corrected chi connectivity index (χ0v) is 13.6. The number of aryl methyl sites for hydroxylation is 1. The number of rotatable bonds is 7. The van der Waals surface area contributed by atoms with Crippen molar-refractivity contribution in [3.8, 4) is 5.69 Å². The Kier molecular flexibility index (Phi) is 5.38. The van der Waals surface area contributed by atoms with Gasteiger partial charge in [-0.3, -0.25) is 4.57 Å². The molecule has 0 atom stereocenters. The lowest BCUT2D eigenvalue weighted by Crippen LogP contribution is -2.22. The van der Waals surface area contributed by atoms with Gasteiger partial charge in [-0.05, 0) is 32.0 Å². The number of sulfonamides is 1. The van der Waals surface area contributed by atoms with E-state index in [0.717, 1.165) is 16.4 Å². The van der Waals surface area contributed by atoms with Crippen LogP contribution in [-0.4, -0.2) is 41.7 Å². The number of hydrogen-bond acceptors (Lipinski definition) is 5. The van der Waals surface area contributed by atoms with E-state index < -0.39 is 10.0 Å². The fourth-order valence-electron chi connectivity index (χ4n) is 1.84. The molecule has 0 saturated heterocycles. The smallest absolute Gasteiger partial charge is 0.211 e. The van der Waals surface area contributed by atoms with E-state index in [-0.39, 0.29) is 5.75 Å². The Morgan fingerprint density at radius 2 is 2.10 bits per heavy atom. The van der Waals surface area contributed by atoms with Gasteiger partial charge < -0.3 is 0 Å². The third-order valence-electron chi connectivity index (χ3n) is 2.99.